The van der Waals surface area contributed by atoms with E-state index >= 15 is 0 Å². The monoisotopic (exact) mass is 389 g/mol. The number of urea groups is 1. The van der Waals surface area contributed by atoms with Crippen LogP contribution in [-0.2, 0) is 6.18 Å². The lowest BCUT2D eigenvalue weighted by molar-refractivity contribution is -0.138. The fourth-order valence-electron chi connectivity index (χ4n) is 2.52. The number of nitrogens with one attached hydrogen (secondary N) is 1. The number of aromatic nitrogens is 2. The molecule has 1 saturated heterocycles. The van der Waals surface area contributed by atoms with Crippen molar-refractivity contribution in [1.29, 1.82) is 0 Å². The molecule has 3 rings (SSSR count). The maximum atomic E-state index is 13.1. The Labute approximate surface area is 150 Å². The standard InChI is InChI=1S/C15H15F4N5OS/c1-9-8-10(16)2-3-11(9)20-13(25)23-4-6-24(7-5-23)14-22-21-12(26-14)15(17,18)19/h2-3,8H,4-7H2,1H3,(H,20,25). The summed E-state index contributed by atoms with van der Waals surface area (Å²) < 4.78 is 50.9. The molecule has 11 heteroatoms. The minimum atomic E-state index is -4.51. The molecule has 0 spiro atoms. The Kier molecular flexibility index (Phi) is 4.99. The average Bonchev–Trinajstić information content (AvgIpc) is 3.08. The molecular formula is C15H15F4N5OS. The third-order valence-electron chi connectivity index (χ3n) is 3.92. The molecule has 26 heavy (non-hydrogen) atoms. The van der Waals surface area contributed by atoms with Crippen molar-refractivity contribution >= 4 is 28.2 Å². The number of carbonyl (C=O) groups excluding carboxylic acids is 1. The van der Waals surface area contributed by atoms with Crippen molar-refractivity contribution in [3.63, 3.8) is 0 Å². The third kappa shape index (κ3) is 4.03. The minimum Gasteiger partial charge on any atom is -0.343 e. The number of carbonyl (C=O) groups is 1. The van der Waals surface area contributed by atoms with E-state index in [9.17, 15) is 22.4 Å². The van der Waals surface area contributed by atoms with Crippen molar-refractivity contribution in [2.24, 2.45) is 0 Å². The Morgan fingerprint density at radius 3 is 2.46 bits per heavy atom. The van der Waals surface area contributed by atoms with Gasteiger partial charge in [-0.05, 0) is 30.7 Å². The molecule has 0 atom stereocenters. The van der Waals surface area contributed by atoms with Gasteiger partial charge >= 0.3 is 12.2 Å². The number of aryl methyl sites for hydroxylation is 1. The molecule has 2 heterocycles. The zero-order valence-electron chi connectivity index (χ0n) is 13.7. The summed E-state index contributed by atoms with van der Waals surface area (Å²) in [5, 5.41) is 8.67. The van der Waals surface area contributed by atoms with Crippen LogP contribution >= 0.6 is 11.3 Å². The molecule has 0 saturated carbocycles. The number of hydrogen-bond donors (Lipinski definition) is 1. The summed E-state index contributed by atoms with van der Waals surface area (Å²) in [7, 11) is 0. The number of piperazine rings is 1. The zero-order chi connectivity index (χ0) is 18.9. The first kappa shape index (κ1) is 18.4. The Balaban J connectivity index is 1.58. The van der Waals surface area contributed by atoms with Gasteiger partial charge in [0.15, 0.2) is 0 Å². The minimum absolute atomic E-state index is 0.187. The highest BCUT2D eigenvalue weighted by Crippen LogP contribution is 2.34. The number of benzene rings is 1. The van der Waals surface area contributed by atoms with Crippen molar-refractivity contribution in [2.75, 3.05) is 36.4 Å². The van der Waals surface area contributed by atoms with Gasteiger partial charge in [0.05, 0.1) is 0 Å². The van der Waals surface area contributed by atoms with E-state index < -0.39 is 11.2 Å². The maximum Gasteiger partial charge on any atom is 0.445 e. The largest absolute Gasteiger partial charge is 0.445 e. The molecule has 6 nitrogen and oxygen atoms in total. The van der Waals surface area contributed by atoms with Crippen LogP contribution in [0.15, 0.2) is 18.2 Å². The zero-order valence-corrected chi connectivity index (χ0v) is 14.5. The summed E-state index contributed by atoms with van der Waals surface area (Å²) >= 11 is 0.486. The van der Waals surface area contributed by atoms with Gasteiger partial charge in [0.25, 0.3) is 0 Å². The van der Waals surface area contributed by atoms with Crippen LogP contribution in [0.25, 0.3) is 0 Å². The molecule has 1 aliphatic heterocycles. The van der Waals surface area contributed by atoms with Crippen molar-refractivity contribution in [3.8, 4) is 0 Å². The molecule has 1 aromatic heterocycles. The van der Waals surface area contributed by atoms with E-state index in [2.05, 4.69) is 15.5 Å². The molecular weight excluding hydrogens is 374 g/mol. The first-order chi connectivity index (χ1) is 12.2. The second-order valence-electron chi connectivity index (χ2n) is 5.75. The predicted octanol–water partition coefficient (Wildman–Crippen LogP) is 3.36. The van der Waals surface area contributed by atoms with Crippen molar-refractivity contribution in [1.82, 2.24) is 15.1 Å². The van der Waals surface area contributed by atoms with Gasteiger partial charge in [0.2, 0.25) is 10.1 Å². The van der Waals surface area contributed by atoms with Crippen LogP contribution in [0.4, 0.5) is 33.2 Å². The molecule has 0 aliphatic carbocycles. The highest BCUT2D eigenvalue weighted by Gasteiger charge is 2.36. The maximum absolute atomic E-state index is 13.1. The van der Waals surface area contributed by atoms with E-state index in [1.165, 1.54) is 18.2 Å². The number of anilines is 2. The smallest absolute Gasteiger partial charge is 0.343 e. The first-order valence-corrected chi connectivity index (χ1v) is 8.53. The van der Waals surface area contributed by atoms with Gasteiger partial charge in [-0.3, -0.25) is 0 Å². The predicted molar refractivity (Wildman–Crippen MR) is 88.9 cm³/mol. The number of alkyl halides is 3. The molecule has 140 valence electrons. The molecule has 0 bridgehead atoms. The van der Waals surface area contributed by atoms with Crippen LogP contribution in [0.5, 0.6) is 0 Å². The number of halogens is 4. The fraction of sp³-hybridized carbons (Fsp3) is 0.400. The number of hydrogen-bond acceptors (Lipinski definition) is 5. The van der Waals surface area contributed by atoms with Crippen molar-refractivity contribution in [3.05, 3.63) is 34.6 Å². The van der Waals surface area contributed by atoms with Crippen LogP contribution in [0.3, 0.4) is 0 Å². The highest BCUT2D eigenvalue weighted by atomic mass is 32.1. The number of rotatable bonds is 2. The van der Waals surface area contributed by atoms with Gasteiger partial charge in [-0.15, -0.1) is 10.2 Å². The lowest BCUT2D eigenvalue weighted by atomic mass is 10.2. The summed E-state index contributed by atoms with van der Waals surface area (Å²) in [6.45, 7) is 3.04. The quantitative estimate of drug-likeness (QED) is 0.801. The van der Waals surface area contributed by atoms with Gasteiger partial charge < -0.3 is 15.1 Å². The van der Waals surface area contributed by atoms with Gasteiger partial charge in [-0.2, -0.15) is 13.2 Å². The molecule has 2 amide bonds. The average molecular weight is 389 g/mol. The fourth-order valence-corrected chi connectivity index (χ4v) is 3.28. The summed E-state index contributed by atoms with van der Waals surface area (Å²) in [4.78, 5) is 15.5. The lowest BCUT2D eigenvalue weighted by Crippen LogP contribution is -2.50. The van der Waals surface area contributed by atoms with Gasteiger partial charge in [0, 0.05) is 31.9 Å². The van der Waals surface area contributed by atoms with Crippen LogP contribution in [0.2, 0.25) is 0 Å². The number of nitrogens with zero attached hydrogens (tertiary/aromatic N) is 4. The summed E-state index contributed by atoms with van der Waals surface area (Å²) in [5.74, 6) is -0.385. The normalized spacial score (nSPS) is 15.3. The third-order valence-corrected chi connectivity index (χ3v) is 4.95. The van der Waals surface area contributed by atoms with Gasteiger partial charge in [0.1, 0.15) is 5.82 Å². The SMILES string of the molecule is Cc1cc(F)ccc1NC(=O)N1CCN(c2nnc(C(F)(F)F)s2)CC1. The summed E-state index contributed by atoms with van der Waals surface area (Å²) in [6, 6.07) is 3.72. The van der Waals surface area contributed by atoms with Crippen molar-refractivity contribution < 1.29 is 22.4 Å². The Hall–Kier alpha value is -2.43. The lowest BCUT2D eigenvalue weighted by Gasteiger charge is -2.34. The molecule has 0 unspecified atom stereocenters. The second-order valence-corrected chi connectivity index (χ2v) is 6.71. The molecule has 1 N–H and O–H groups in total. The second kappa shape index (κ2) is 7.06. The summed E-state index contributed by atoms with van der Waals surface area (Å²) in [6.07, 6.45) is -4.51. The van der Waals surface area contributed by atoms with Gasteiger partial charge in [-0.25, -0.2) is 9.18 Å². The van der Waals surface area contributed by atoms with Gasteiger partial charge in [-0.1, -0.05) is 11.3 Å². The van der Waals surface area contributed by atoms with E-state index in [1.807, 2.05) is 0 Å². The van der Waals surface area contributed by atoms with Crippen LogP contribution in [-0.4, -0.2) is 47.3 Å². The van der Waals surface area contributed by atoms with E-state index in [-0.39, 0.29) is 17.0 Å². The Morgan fingerprint density at radius 1 is 1.19 bits per heavy atom. The highest BCUT2D eigenvalue weighted by molar-refractivity contribution is 7.15. The van der Waals surface area contributed by atoms with Crippen LogP contribution < -0.4 is 10.2 Å². The number of amides is 2. The van der Waals surface area contributed by atoms with Crippen LogP contribution in [0.1, 0.15) is 10.6 Å². The summed E-state index contributed by atoms with van der Waals surface area (Å²) in [5.41, 5.74) is 1.11. The Morgan fingerprint density at radius 2 is 1.88 bits per heavy atom. The first-order valence-electron chi connectivity index (χ1n) is 7.72. The molecule has 0 radical (unpaired) electrons. The van der Waals surface area contributed by atoms with E-state index in [0.29, 0.717) is 48.8 Å². The van der Waals surface area contributed by atoms with E-state index in [4.69, 9.17) is 0 Å². The molecule has 1 aliphatic rings. The van der Waals surface area contributed by atoms with Crippen molar-refractivity contribution in [2.45, 2.75) is 13.1 Å². The molecule has 1 aromatic carbocycles. The molecule has 1 fully saturated rings. The molecule has 2 aromatic rings. The van der Waals surface area contributed by atoms with E-state index in [0.717, 1.165) is 0 Å². The topological polar surface area (TPSA) is 61.4 Å². The Bertz CT molecular complexity index is 802. The van der Waals surface area contributed by atoms with Crippen LogP contribution in [0, 0.1) is 12.7 Å². The van der Waals surface area contributed by atoms with E-state index in [1.54, 1.807) is 16.7 Å².